The van der Waals surface area contributed by atoms with Gasteiger partial charge in [0.15, 0.2) is 0 Å². The molecule has 4 aromatic rings. The third-order valence-electron chi connectivity index (χ3n) is 20.5. The fourth-order valence-corrected chi connectivity index (χ4v) is 13.5. The van der Waals surface area contributed by atoms with E-state index in [4.69, 9.17) is 0 Å². The van der Waals surface area contributed by atoms with Crippen molar-refractivity contribution in [3.63, 3.8) is 0 Å². The summed E-state index contributed by atoms with van der Waals surface area (Å²) in [4.78, 5) is 0. The molecule has 4 unspecified atom stereocenters. The molecule has 4 aliphatic rings. The number of benzene rings is 4. The maximum absolute atomic E-state index is 11.5. The van der Waals surface area contributed by atoms with Crippen molar-refractivity contribution in [1.82, 2.24) is 42.5 Å². The van der Waals surface area contributed by atoms with Crippen molar-refractivity contribution in [1.29, 1.82) is 0 Å². The number of fused-ring (bicyclic) bond motifs is 10. The van der Waals surface area contributed by atoms with Crippen molar-refractivity contribution < 1.29 is 86.4 Å². The summed E-state index contributed by atoms with van der Waals surface area (Å²) < 4.78 is 0. The Bertz CT molecular complexity index is 2520. The number of hydrogen-bond donors (Lipinski definition) is 12. The molecule has 4 atom stereocenters. The molecule has 12 nitrogen and oxygen atoms in total. The van der Waals surface area contributed by atoms with E-state index in [-0.39, 0.29) is 128 Å². The molecule has 2 aliphatic carbocycles. The molecule has 16 heteroatoms. The van der Waals surface area contributed by atoms with Gasteiger partial charge in [0.2, 0.25) is 0 Å². The van der Waals surface area contributed by atoms with Gasteiger partial charge in [-0.1, -0.05) is 185 Å². The fraction of sp³-hybridized carbons (Fsp3) is 0.641. The Morgan fingerprint density at radius 3 is 0.617 bits per heavy atom. The average Bonchev–Trinajstić information content (AvgIpc) is 0.947. The van der Waals surface area contributed by atoms with Crippen molar-refractivity contribution in [3.05, 3.63) is 145 Å². The van der Waals surface area contributed by atoms with Crippen LogP contribution in [0.5, 0.6) is 23.0 Å². The van der Waals surface area contributed by atoms with Crippen molar-refractivity contribution in [2.75, 3.05) is 26.2 Å². The van der Waals surface area contributed by atoms with Gasteiger partial charge in [-0.3, -0.25) is 0 Å². The molecule has 2 fully saturated rings. The van der Waals surface area contributed by atoms with Crippen LogP contribution in [-0.2, 0) is 140 Å². The van der Waals surface area contributed by atoms with E-state index >= 15 is 0 Å². The third kappa shape index (κ3) is 25.1. The van der Waals surface area contributed by atoms with Crippen molar-refractivity contribution in [2.24, 2.45) is 10.8 Å². The average molecular weight is 1480 g/mol. The van der Waals surface area contributed by atoms with Gasteiger partial charge in [0.25, 0.3) is 0 Å². The van der Waals surface area contributed by atoms with E-state index in [1.807, 2.05) is 0 Å². The summed E-state index contributed by atoms with van der Waals surface area (Å²) in [7, 11) is 0. The summed E-state index contributed by atoms with van der Waals surface area (Å²) in [5.41, 5.74) is 12.9. The van der Waals surface area contributed by atoms with Crippen LogP contribution in [0.4, 0.5) is 0 Å². The smallest absolute Gasteiger partial charge is 0.507 e. The van der Waals surface area contributed by atoms with Gasteiger partial charge in [-0.15, -0.1) is 0 Å². The van der Waals surface area contributed by atoms with Crippen LogP contribution in [0.2, 0.25) is 0 Å². The van der Waals surface area contributed by atoms with Crippen LogP contribution in [0.1, 0.15) is 255 Å². The van der Waals surface area contributed by atoms with Crippen LogP contribution in [0.3, 0.4) is 0 Å². The monoisotopic (exact) mass is 1480 g/mol. The number of hydrogen-bond acceptors (Lipinski definition) is 12. The van der Waals surface area contributed by atoms with Crippen molar-refractivity contribution >= 4 is 0 Å². The molecule has 4 aromatic carbocycles. The molecule has 12 N–H and O–H groups in total. The van der Waals surface area contributed by atoms with E-state index in [0.717, 1.165) is 122 Å². The number of aromatic hydroxyl groups is 4. The quantitative estimate of drug-likeness (QED) is 0.0689. The van der Waals surface area contributed by atoms with Crippen LogP contribution in [0.15, 0.2) is 48.5 Å². The first-order chi connectivity index (χ1) is 40.5. The zero-order valence-electron chi connectivity index (χ0n) is 62.0. The minimum absolute atomic E-state index is 0. The van der Waals surface area contributed by atoms with Gasteiger partial charge in [0.1, 0.15) is 23.0 Å². The van der Waals surface area contributed by atoms with Crippen LogP contribution in [-0.4, -0.2) is 70.8 Å². The minimum Gasteiger partial charge on any atom is -0.507 e. The van der Waals surface area contributed by atoms with E-state index in [0.29, 0.717) is 99.5 Å². The van der Waals surface area contributed by atoms with E-state index in [1.54, 1.807) is 0 Å². The Labute approximate surface area is 615 Å². The first kappa shape index (κ1) is 93.8. The first-order valence-electron chi connectivity index (χ1n) is 33.7. The maximum atomic E-state index is 11.5. The summed E-state index contributed by atoms with van der Waals surface area (Å²) in [5.74, 6) is 1.67. The van der Waals surface area contributed by atoms with Crippen LogP contribution < -0.4 is 42.5 Å². The summed E-state index contributed by atoms with van der Waals surface area (Å²) in [6, 6.07) is 18.8. The second-order valence-corrected chi connectivity index (χ2v) is 30.9. The number of rotatable bonds is 4. The molecule has 8 bridgehead atoms. The van der Waals surface area contributed by atoms with Gasteiger partial charge in [-0.2, -0.15) is 0 Å². The van der Waals surface area contributed by atoms with E-state index in [2.05, 4.69) is 202 Å². The fourth-order valence-electron chi connectivity index (χ4n) is 13.5. The van der Waals surface area contributed by atoms with E-state index in [1.165, 1.54) is 47.9 Å². The van der Waals surface area contributed by atoms with E-state index in [9.17, 15) is 20.4 Å². The first-order valence-corrected chi connectivity index (χ1v) is 33.7. The third-order valence-corrected chi connectivity index (χ3v) is 20.5. The summed E-state index contributed by atoms with van der Waals surface area (Å²) in [6.07, 6.45) is 13.4. The summed E-state index contributed by atoms with van der Waals surface area (Å²) in [5, 5.41) is 76.1. The van der Waals surface area contributed by atoms with Crippen LogP contribution >= 0.6 is 0 Å². The predicted molar refractivity (Wildman–Crippen MR) is 385 cm³/mol. The van der Waals surface area contributed by atoms with Gasteiger partial charge >= 0.3 is 66.0 Å². The molecule has 2 saturated carbocycles. The van der Waals surface area contributed by atoms with Crippen molar-refractivity contribution in [2.45, 2.75) is 286 Å². The van der Waals surface area contributed by atoms with Gasteiger partial charge < -0.3 is 92.7 Å². The van der Waals surface area contributed by atoms with E-state index < -0.39 is 0 Å². The van der Waals surface area contributed by atoms with Gasteiger partial charge in [-0.25, -0.2) is 0 Å². The number of phenols is 4. The Hall–Kier alpha value is -2.27. The molecule has 0 saturated heterocycles. The molecule has 0 amide bonds. The molecular formula is C78H132N8Ni4O4+8. The van der Waals surface area contributed by atoms with Crippen molar-refractivity contribution in [3.8, 4) is 23.0 Å². The SMILES string of the molecule is CC(C)(C)c1cc2c(O)c(c1)CNC1CCCCC1NCc1cc(C(C)(C)C)cc(c1O)CNC1CCCCC1NC2.CCC1(CC)CNCc2cc(C(C)(C)C)cc(c2O)CNCC(CC)(CC)CNCc2cc(C(C)(C)C)cc(c2O)CNC1.[CH3-].[CH3-].[CH3-].[CH3-].[Ni+3].[Ni+3].[Ni+3].[Ni+3]. The molecule has 0 spiro atoms. The van der Waals surface area contributed by atoms with Gasteiger partial charge in [0, 0.05) is 147 Å². The Morgan fingerprint density at radius 1 is 0.309 bits per heavy atom. The zero-order valence-corrected chi connectivity index (χ0v) is 65.9. The molecule has 540 valence electrons. The molecule has 8 rings (SSSR count). The normalized spacial score (nSPS) is 20.7. The maximum Gasteiger partial charge on any atom is 3.00 e. The Morgan fingerprint density at radius 2 is 0.468 bits per heavy atom. The largest absolute Gasteiger partial charge is 3.00 e. The second kappa shape index (κ2) is 40.9. The minimum atomic E-state index is -0.0136. The van der Waals surface area contributed by atoms with Gasteiger partial charge in [0.05, 0.1) is 0 Å². The molecule has 4 radical (unpaired) electrons. The number of phenolic OH excluding ortho intramolecular Hbond substituents is 4. The molecule has 0 aromatic heterocycles. The second-order valence-electron chi connectivity index (χ2n) is 30.9. The summed E-state index contributed by atoms with van der Waals surface area (Å²) in [6.45, 7) is 44.5. The van der Waals surface area contributed by atoms with Crippen LogP contribution in [0, 0.1) is 40.5 Å². The number of nitrogens with one attached hydrogen (secondary N) is 8. The zero-order chi connectivity index (χ0) is 62.8. The topological polar surface area (TPSA) is 177 Å². The van der Waals surface area contributed by atoms with Crippen LogP contribution in [0.25, 0.3) is 0 Å². The molecule has 2 heterocycles. The standard InChI is InChI=1S/C38H64N4O2.C36H56N4O2.4CH3.4Ni/c1-11-37(12-2)23-39-19-27-15-31(35(5,6)7)17-29(33(27)43)21-41-25-38(13-3,14-4)26-42-22-30-18-32(36(8,9)10)16-28(34(30)44)20-40-24-37;1-35(2,3)27-15-23-19-37-29-11-7-9-13-31(29)39-21-25-17-28(36(4,5)6)18-26(34(25)42)22-40-32-14-10-8-12-30(32)38-20-24(16-27)33(23)41;;;;;;;;/h15-18,39-44H,11-14,19-26H2,1-10H3;15-18,29-32,37-42H,7-14,19-22H2,1-6H3;4*1H3;;;;/q;;4*-1;4*+3. The Balaban J connectivity index is 0. The predicted octanol–water partition coefficient (Wildman–Crippen LogP) is 15.6. The Kier molecular flexibility index (Phi) is 40.8. The molecule has 2 aliphatic heterocycles. The molecular weight excluding hydrogens is 1350 g/mol. The van der Waals surface area contributed by atoms with Gasteiger partial charge in [-0.05, 0) is 106 Å². The molecule has 94 heavy (non-hydrogen) atoms. The summed E-state index contributed by atoms with van der Waals surface area (Å²) >= 11 is 0.